The molecule has 3 rings (SSSR count). The third kappa shape index (κ3) is 5.09. The van der Waals surface area contributed by atoms with Gasteiger partial charge < -0.3 is 15.4 Å². The molecule has 2 N–H and O–H groups in total. The monoisotopic (exact) mass is 406 g/mol. The Kier molecular flexibility index (Phi) is 6.60. The summed E-state index contributed by atoms with van der Waals surface area (Å²) in [4.78, 5) is 25.5. The zero-order valence-electron chi connectivity index (χ0n) is 18.1. The van der Waals surface area contributed by atoms with Crippen molar-refractivity contribution in [2.75, 3.05) is 18.5 Å². The SMILES string of the molecule is CC(C)=CC1C(C(=O)Nc2ccccc2C(=O)NCCOc2ccccc2)C1(C)C. The lowest BCUT2D eigenvalue weighted by Gasteiger charge is -2.12. The molecule has 0 heterocycles. The molecule has 0 aliphatic heterocycles. The number of anilines is 1. The third-order valence-electron chi connectivity index (χ3n) is 5.54. The Morgan fingerprint density at radius 3 is 2.40 bits per heavy atom. The van der Waals surface area contributed by atoms with E-state index in [2.05, 4.69) is 30.6 Å². The van der Waals surface area contributed by atoms with E-state index in [1.807, 2.05) is 50.2 Å². The smallest absolute Gasteiger partial charge is 0.253 e. The van der Waals surface area contributed by atoms with Crippen molar-refractivity contribution in [3.8, 4) is 5.75 Å². The highest BCUT2D eigenvalue weighted by Gasteiger charge is 2.60. The fourth-order valence-corrected chi connectivity index (χ4v) is 3.79. The van der Waals surface area contributed by atoms with Crippen LogP contribution in [0.3, 0.4) is 0 Å². The van der Waals surface area contributed by atoms with E-state index in [9.17, 15) is 9.59 Å². The topological polar surface area (TPSA) is 67.4 Å². The largest absolute Gasteiger partial charge is 0.492 e. The number of carbonyl (C=O) groups excluding carboxylic acids is 2. The summed E-state index contributed by atoms with van der Waals surface area (Å²) in [5.41, 5.74) is 2.11. The molecule has 0 spiro atoms. The predicted molar refractivity (Wildman–Crippen MR) is 120 cm³/mol. The van der Waals surface area contributed by atoms with Crippen LogP contribution in [0.15, 0.2) is 66.2 Å². The van der Waals surface area contributed by atoms with Crippen LogP contribution in [0.25, 0.3) is 0 Å². The Hall–Kier alpha value is -3.08. The maximum Gasteiger partial charge on any atom is 0.253 e. The molecular formula is C25H30N2O3. The summed E-state index contributed by atoms with van der Waals surface area (Å²) in [6.07, 6.45) is 2.16. The first kappa shape index (κ1) is 21.6. The first-order chi connectivity index (χ1) is 14.3. The van der Waals surface area contributed by atoms with Crippen LogP contribution in [0.1, 0.15) is 38.1 Å². The maximum atomic E-state index is 12.9. The zero-order chi connectivity index (χ0) is 21.7. The maximum absolute atomic E-state index is 12.9. The van der Waals surface area contributed by atoms with E-state index in [1.165, 1.54) is 5.57 Å². The minimum atomic E-state index is -0.238. The van der Waals surface area contributed by atoms with Crippen LogP contribution >= 0.6 is 0 Å². The van der Waals surface area contributed by atoms with Crippen LogP contribution in [0, 0.1) is 17.3 Å². The summed E-state index contributed by atoms with van der Waals surface area (Å²) in [5, 5.41) is 5.82. The average molecular weight is 407 g/mol. The van der Waals surface area contributed by atoms with Gasteiger partial charge in [0.05, 0.1) is 23.7 Å². The molecule has 2 aromatic rings. The number of rotatable bonds is 8. The molecule has 1 aliphatic rings. The Labute approximate surface area is 178 Å². The number of carbonyl (C=O) groups is 2. The van der Waals surface area contributed by atoms with E-state index in [-0.39, 0.29) is 29.1 Å². The molecule has 5 heteroatoms. The fourth-order valence-electron chi connectivity index (χ4n) is 3.79. The number of amides is 2. The first-order valence-corrected chi connectivity index (χ1v) is 10.3. The molecule has 0 radical (unpaired) electrons. The number of hydrogen-bond acceptors (Lipinski definition) is 3. The summed E-state index contributed by atoms with van der Waals surface area (Å²) in [6.45, 7) is 9.04. The second-order valence-electron chi connectivity index (χ2n) is 8.52. The fraction of sp³-hybridized carbons (Fsp3) is 0.360. The van der Waals surface area contributed by atoms with Crippen molar-refractivity contribution in [2.45, 2.75) is 27.7 Å². The molecule has 1 aliphatic carbocycles. The summed E-state index contributed by atoms with van der Waals surface area (Å²) in [6, 6.07) is 16.5. The second kappa shape index (κ2) is 9.16. The number of para-hydroxylation sites is 2. The Morgan fingerprint density at radius 2 is 1.70 bits per heavy atom. The molecule has 2 aromatic carbocycles. The Bertz CT molecular complexity index is 930. The van der Waals surface area contributed by atoms with Crippen molar-refractivity contribution in [1.82, 2.24) is 5.32 Å². The summed E-state index contributed by atoms with van der Waals surface area (Å²) in [5.74, 6) is 0.604. The zero-order valence-corrected chi connectivity index (χ0v) is 18.1. The van der Waals surface area contributed by atoms with Crippen LogP contribution in [-0.4, -0.2) is 25.0 Å². The van der Waals surface area contributed by atoms with Gasteiger partial charge in [-0.1, -0.05) is 55.8 Å². The van der Waals surface area contributed by atoms with Gasteiger partial charge in [0.15, 0.2) is 0 Å². The minimum Gasteiger partial charge on any atom is -0.492 e. The highest BCUT2D eigenvalue weighted by Crippen LogP contribution is 2.59. The molecule has 2 atom stereocenters. The van der Waals surface area contributed by atoms with Gasteiger partial charge in [-0.05, 0) is 49.4 Å². The van der Waals surface area contributed by atoms with Crippen LogP contribution < -0.4 is 15.4 Å². The van der Waals surface area contributed by atoms with Gasteiger partial charge in [-0.25, -0.2) is 0 Å². The molecule has 2 unspecified atom stereocenters. The molecule has 5 nitrogen and oxygen atoms in total. The van der Waals surface area contributed by atoms with Crippen molar-refractivity contribution < 1.29 is 14.3 Å². The third-order valence-corrected chi connectivity index (χ3v) is 5.54. The summed E-state index contributed by atoms with van der Waals surface area (Å²) in [7, 11) is 0. The summed E-state index contributed by atoms with van der Waals surface area (Å²) < 4.78 is 5.60. The van der Waals surface area contributed by atoms with Crippen molar-refractivity contribution in [3.63, 3.8) is 0 Å². The lowest BCUT2D eigenvalue weighted by atomic mass is 10.1. The highest BCUT2D eigenvalue weighted by molar-refractivity contribution is 6.05. The number of allylic oxidation sites excluding steroid dienone is 2. The summed E-state index contributed by atoms with van der Waals surface area (Å²) >= 11 is 0. The van der Waals surface area contributed by atoms with Crippen LogP contribution in [0.5, 0.6) is 5.75 Å². The van der Waals surface area contributed by atoms with E-state index >= 15 is 0 Å². The molecule has 0 saturated heterocycles. The number of hydrogen-bond donors (Lipinski definition) is 2. The van der Waals surface area contributed by atoms with Gasteiger partial charge in [0.25, 0.3) is 5.91 Å². The van der Waals surface area contributed by atoms with Crippen molar-refractivity contribution in [2.24, 2.45) is 17.3 Å². The van der Waals surface area contributed by atoms with Crippen LogP contribution in [0.4, 0.5) is 5.69 Å². The molecule has 158 valence electrons. The van der Waals surface area contributed by atoms with E-state index in [0.29, 0.717) is 24.4 Å². The molecule has 2 amide bonds. The predicted octanol–water partition coefficient (Wildman–Crippen LogP) is 4.67. The van der Waals surface area contributed by atoms with Gasteiger partial charge >= 0.3 is 0 Å². The number of nitrogens with one attached hydrogen (secondary N) is 2. The lowest BCUT2D eigenvalue weighted by molar-refractivity contribution is -0.118. The van der Waals surface area contributed by atoms with E-state index in [0.717, 1.165) is 5.75 Å². The van der Waals surface area contributed by atoms with Crippen molar-refractivity contribution in [3.05, 3.63) is 71.8 Å². The Balaban J connectivity index is 1.58. The average Bonchev–Trinajstić information content (AvgIpc) is 3.25. The second-order valence-corrected chi connectivity index (χ2v) is 8.52. The first-order valence-electron chi connectivity index (χ1n) is 10.3. The van der Waals surface area contributed by atoms with Gasteiger partial charge in [-0.3, -0.25) is 9.59 Å². The molecule has 1 saturated carbocycles. The van der Waals surface area contributed by atoms with Crippen LogP contribution in [0.2, 0.25) is 0 Å². The normalized spacial score (nSPS) is 18.8. The van der Waals surface area contributed by atoms with Gasteiger partial charge in [0, 0.05) is 0 Å². The minimum absolute atomic E-state index is 0.0461. The molecule has 0 aromatic heterocycles. The standard InChI is InChI=1S/C25H30N2O3/c1-17(2)16-20-22(25(20,3)4)24(29)27-21-13-9-8-12-19(21)23(28)26-14-15-30-18-10-6-5-7-11-18/h5-13,16,20,22H,14-15H2,1-4H3,(H,26,28)(H,27,29). The van der Waals surface area contributed by atoms with Crippen LogP contribution in [-0.2, 0) is 4.79 Å². The molecular weight excluding hydrogens is 376 g/mol. The van der Waals surface area contributed by atoms with Gasteiger partial charge in [0.1, 0.15) is 12.4 Å². The molecule has 30 heavy (non-hydrogen) atoms. The molecule has 0 bridgehead atoms. The molecule has 1 fully saturated rings. The van der Waals surface area contributed by atoms with E-state index in [4.69, 9.17) is 4.74 Å². The Morgan fingerprint density at radius 1 is 1.03 bits per heavy atom. The van der Waals surface area contributed by atoms with Crippen molar-refractivity contribution in [1.29, 1.82) is 0 Å². The van der Waals surface area contributed by atoms with E-state index < -0.39 is 0 Å². The highest BCUT2D eigenvalue weighted by atomic mass is 16.5. The van der Waals surface area contributed by atoms with Gasteiger partial charge in [0.2, 0.25) is 5.91 Å². The number of benzene rings is 2. The quantitative estimate of drug-likeness (QED) is 0.494. The van der Waals surface area contributed by atoms with Crippen molar-refractivity contribution >= 4 is 17.5 Å². The van der Waals surface area contributed by atoms with E-state index in [1.54, 1.807) is 18.2 Å². The lowest BCUT2D eigenvalue weighted by Crippen LogP contribution is -2.29. The van der Waals surface area contributed by atoms with Gasteiger partial charge in [-0.2, -0.15) is 0 Å². The van der Waals surface area contributed by atoms with Gasteiger partial charge in [-0.15, -0.1) is 0 Å². The number of ether oxygens (including phenoxy) is 1.